The van der Waals surface area contributed by atoms with Crippen LogP contribution >= 0.6 is 15.9 Å². The van der Waals surface area contributed by atoms with Crippen molar-refractivity contribution in [1.29, 1.82) is 0 Å². The number of amides is 4. The number of aromatic nitrogens is 4. The first-order valence-corrected chi connectivity index (χ1v) is 16.7. The Morgan fingerprint density at radius 1 is 0.821 bits per heavy atom. The summed E-state index contributed by atoms with van der Waals surface area (Å²) in [6, 6.07) is 8.21. The number of rotatable bonds is 4. The van der Waals surface area contributed by atoms with Gasteiger partial charge in [-0.05, 0) is 36.4 Å². The Morgan fingerprint density at radius 2 is 1.27 bits per heavy atom. The molecule has 0 aliphatic carbocycles. The second kappa shape index (κ2) is 17.7. The number of likely N-dealkylation sites (tertiary alicyclic amines) is 2. The van der Waals surface area contributed by atoms with E-state index in [1.54, 1.807) is 20.2 Å². The zero-order valence-corrected chi connectivity index (χ0v) is 30.8. The number of hydrogen-bond donors (Lipinski definition) is 6. The van der Waals surface area contributed by atoms with Crippen molar-refractivity contribution in [1.82, 2.24) is 29.7 Å². The van der Waals surface area contributed by atoms with Gasteiger partial charge in [-0.25, -0.2) is 28.7 Å². The molecule has 4 heterocycles. The molecule has 0 unspecified atom stereocenters. The number of nitrogens with zero attached hydrogens (tertiary/aromatic N) is 6. The first-order chi connectivity index (χ1) is 25.8. The Bertz CT molecular complexity index is 2310. The molecule has 0 radical (unpaired) electrons. The topological polar surface area (TPSA) is 271 Å². The molecule has 6 rings (SSSR count). The van der Waals surface area contributed by atoms with Gasteiger partial charge in [-0.15, -0.1) is 6.42 Å². The van der Waals surface area contributed by atoms with Gasteiger partial charge < -0.3 is 42.9 Å². The van der Waals surface area contributed by atoms with Crippen molar-refractivity contribution < 1.29 is 38.2 Å². The Balaban J connectivity index is 0.000000249. The minimum Gasteiger partial charge on any atom is -0.396 e. The number of anilines is 2. The molecular formula is C37H37BrF2N10O6. The predicted octanol–water partition coefficient (Wildman–Crippen LogP) is 1.48. The van der Waals surface area contributed by atoms with Gasteiger partial charge in [0.15, 0.2) is 23.0 Å². The molecule has 2 aliphatic heterocycles. The van der Waals surface area contributed by atoms with Crippen LogP contribution in [-0.4, -0.2) is 102 Å². The number of terminal acetylenes is 1. The van der Waals surface area contributed by atoms with Crippen LogP contribution < -0.4 is 22.9 Å². The van der Waals surface area contributed by atoms with Crippen molar-refractivity contribution >= 4 is 50.9 Å². The lowest BCUT2D eigenvalue weighted by atomic mass is 10.0. The number of nitrogen functional groups attached to an aromatic ring is 2. The first kappa shape index (κ1) is 43.9. The maximum Gasteiger partial charge on any atom is 0.269 e. The van der Waals surface area contributed by atoms with E-state index in [2.05, 4.69) is 53.6 Å². The quantitative estimate of drug-likeness (QED) is 0.160. The molecule has 2 aromatic carbocycles. The largest absolute Gasteiger partial charge is 0.396 e. The average molecular weight is 836 g/mol. The molecule has 4 aromatic rings. The Kier molecular flexibility index (Phi) is 13.9. The van der Waals surface area contributed by atoms with Crippen LogP contribution in [0.4, 0.5) is 20.2 Å². The van der Waals surface area contributed by atoms with E-state index in [1.165, 1.54) is 40.3 Å². The van der Waals surface area contributed by atoms with Gasteiger partial charge in [-0.2, -0.15) is 0 Å². The molecule has 2 saturated heterocycles. The highest BCUT2D eigenvalue weighted by Crippen LogP contribution is 2.26. The van der Waals surface area contributed by atoms with Gasteiger partial charge in [0, 0.05) is 50.1 Å². The fraction of sp³-hybridized carbons (Fsp3) is 0.243. The fourth-order valence-electron chi connectivity index (χ4n) is 5.01. The van der Waals surface area contributed by atoms with Crippen molar-refractivity contribution in [3.05, 3.63) is 81.9 Å². The number of likely N-dealkylation sites (N-methyl/N-ethyl adjacent to an activating group) is 2. The van der Waals surface area contributed by atoms with E-state index >= 15 is 0 Å². The molecule has 0 spiro atoms. The average Bonchev–Trinajstić information content (AvgIpc) is 3.57. The minimum atomic E-state index is -1.76. The van der Waals surface area contributed by atoms with Crippen LogP contribution in [0.3, 0.4) is 0 Å². The zero-order valence-electron chi connectivity index (χ0n) is 29.2. The van der Waals surface area contributed by atoms with Crippen molar-refractivity contribution in [2.24, 2.45) is 11.5 Å². The molecule has 19 heteroatoms. The van der Waals surface area contributed by atoms with E-state index in [0.717, 1.165) is 12.3 Å². The van der Waals surface area contributed by atoms with Crippen molar-refractivity contribution in [2.45, 2.75) is 31.5 Å². The van der Waals surface area contributed by atoms with Gasteiger partial charge >= 0.3 is 0 Å². The molecule has 10 N–H and O–H groups in total. The molecule has 0 bridgehead atoms. The summed E-state index contributed by atoms with van der Waals surface area (Å²) in [5, 5.41) is 19.6. The highest BCUT2D eigenvalue weighted by atomic mass is 79.9. The maximum atomic E-state index is 14.2. The number of nitrogens with two attached hydrogens (primary N) is 4. The van der Waals surface area contributed by atoms with Crippen molar-refractivity contribution in [3.8, 4) is 47.0 Å². The van der Waals surface area contributed by atoms with Crippen LogP contribution in [0, 0.1) is 35.8 Å². The SMILES string of the molecule is C.C#C[C@]1(O)CCN(C)C1=O.CN1CC[C@@](O)(C#Cc2ccc(F)c(-c3ncc(N)c(C(N)=O)n3)c2)C1=O.NC(=O)c1nc(-c2cc(Br)ccc2F)ncc1N. The summed E-state index contributed by atoms with van der Waals surface area (Å²) in [6.45, 7) is 0.938. The smallest absolute Gasteiger partial charge is 0.269 e. The van der Waals surface area contributed by atoms with Crippen molar-refractivity contribution in [3.63, 3.8) is 0 Å². The van der Waals surface area contributed by atoms with E-state index in [-0.39, 0.29) is 65.3 Å². The number of hydrogen-bond acceptors (Lipinski definition) is 12. The number of aliphatic hydroxyl groups is 2. The second-order valence-electron chi connectivity index (χ2n) is 12.1. The van der Waals surface area contributed by atoms with Gasteiger partial charge in [0.05, 0.1) is 34.9 Å². The number of carbonyl (C=O) groups excluding carboxylic acids is 4. The third-order valence-corrected chi connectivity index (χ3v) is 8.64. The van der Waals surface area contributed by atoms with Gasteiger partial charge in [-0.3, -0.25) is 19.2 Å². The van der Waals surface area contributed by atoms with E-state index in [4.69, 9.17) is 29.4 Å². The summed E-state index contributed by atoms with van der Waals surface area (Å²) < 4.78 is 28.5. The molecule has 16 nitrogen and oxygen atoms in total. The van der Waals surface area contributed by atoms with Crippen LogP contribution in [-0.2, 0) is 9.59 Å². The van der Waals surface area contributed by atoms with Crippen LogP contribution in [0.2, 0.25) is 0 Å². The molecule has 0 saturated carbocycles. The number of benzene rings is 2. The Labute approximate surface area is 328 Å². The Morgan fingerprint density at radius 3 is 1.68 bits per heavy atom. The first-order valence-electron chi connectivity index (χ1n) is 15.9. The zero-order chi connectivity index (χ0) is 40.8. The molecule has 2 aromatic heterocycles. The lowest BCUT2D eigenvalue weighted by Gasteiger charge is -2.13. The Hall–Kier alpha value is -6.54. The van der Waals surface area contributed by atoms with Gasteiger partial charge in [0.1, 0.15) is 11.6 Å². The normalized spacial score (nSPS) is 18.2. The molecule has 2 atom stereocenters. The van der Waals surface area contributed by atoms with E-state index in [9.17, 15) is 38.2 Å². The number of carbonyl (C=O) groups is 4. The predicted molar refractivity (Wildman–Crippen MR) is 205 cm³/mol. The van der Waals surface area contributed by atoms with Crippen LogP contribution in [0.15, 0.2) is 53.3 Å². The van der Waals surface area contributed by atoms with Gasteiger partial charge in [0.2, 0.25) is 11.2 Å². The van der Waals surface area contributed by atoms with E-state index in [0.29, 0.717) is 29.5 Å². The van der Waals surface area contributed by atoms with Crippen LogP contribution in [0.1, 0.15) is 46.8 Å². The lowest BCUT2D eigenvalue weighted by Crippen LogP contribution is -2.37. The third-order valence-electron chi connectivity index (χ3n) is 8.15. The van der Waals surface area contributed by atoms with Crippen LogP contribution in [0.25, 0.3) is 22.8 Å². The van der Waals surface area contributed by atoms with Gasteiger partial charge in [-0.1, -0.05) is 41.1 Å². The minimum absolute atomic E-state index is 0. The lowest BCUT2D eigenvalue weighted by molar-refractivity contribution is -0.138. The summed E-state index contributed by atoms with van der Waals surface area (Å²) in [6.07, 6.45) is 7.89. The molecule has 4 amide bonds. The maximum absolute atomic E-state index is 14.2. The van der Waals surface area contributed by atoms with E-state index in [1.807, 2.05) is 0 Å². The fourth-order valence-corrected chi connectivity index (χ4v) is 5.37. The summed E-state index contributed by atoms with van der Waals surface area (Å²) in [7, 11) is 3.20. The van der Waals surface area contributed by atoms with Crippen molar-refractivity contribution in [2.75, 3.05) is 38.7 Å². The van der Waals surface area contributed by atoms with Gasteiger partial charge in [0.25, 0.3) is 23.6 Å². The summed E-state index contributed by atoms with van der Waals surface area (Å²) in [5.74, 6) is 3.64. The summed E-state index contributed by atoms with van der Waals surface area (Å²) in [4.78, 5) is 63.8. The highest BCUT2D eigenvalue weighted by Gasteiger charge is 2.43. The standard InChI is InChI=1S/C18H16FN5O3.C11H8BrFN4O.C7H9NO2.CH4/c1-24-7-6-18(27,17(24)26)5-4-10-2-3-12(19)11(8-10)16-22-9-13(20)14(23-16)15(21)25;12-5-1-2-7(13)6(3-5)11-16-4-8(14)9(17-11)10(15)18;1-3-7(10)4-5-8(2)6(7)9;/h2-3,8-9,27H,6-7,20H2,1H3,(H2,21,25);1-4H,14H2,(H2,15,18);1,10H,4-5H2,2H3;1H4/t18-;;7-;/m0.0./s1. The number of halogens is 3. The highest BCUT2D eigenvalue weighted by molar-refractivity contribution is 9.10. The third kappa shape index (κ3) is 9.76. The monoisotopic (exact) mass is 834 g/mol. The van der Waals surface area contributed by atoms with E-state index < -0.39 is 40.6 Å². The second-order valence-corrected chi connectivity index (χ2v) is 13.0. The molecular weight excluding hydrogens is 798 g/mol. The molecule has 2 aliphatic rings. The molecule has 56 heavy (non-hydrogen) atoms. The van der Waals surface area contributed by atoms with Crippen LogP contribution in [0.5, 0.6) is 0 Å². The number of primary amides is 2. The molecule has 2 fully saturated rings. The summed E-state index contributed by atoms with van der Waals surface area (Å²) >= 11 is 3.22. The molecule has 292 valence electrons. The summed E-state index contributed by atoms with van der Waals surface area (Å²) in [5.41, 5.74) is 18.3.